The molecule has 2 saturated heterocycles. The Morgan fingerprint density at radius 3 is 2.43 bits per heavy atom. The average molecular weight is 410 g/mol. The molecule has 2 fully saturated rings. The summed E-state index contributed by atoms with van der Waals surface area (Å²) < 4.78 is 13.5. The number of carbonyl (C=O) groups excluding carboxylic acids is 1. The van der Waals surface area contributed by atoms with Gasteiger partial charge >= 0.3 is 0 Å². The van der Waals surface area contributed by atoms with Gasteiger partial charge in [-0.25, -0.2) is 4.39 Å². The van der Waals surface area contributed by atoms with Gasteiger partial charge in [0.2, 0.25) is 0 Å². The number of piperazine rings is 1. The third-order valence-corrected chi connectivity index (χ3v) is 6.52. The number of amides is 1. The van der Waals surface area contributed by atoms with Crippen LogP contribution in [0, 0.1) is 5.82 Å². The van der Waals surface area contributed by atoms with Gasteiger partial charge in [0.25, 0.3) is 5.91 Å². The predicted molar refractivity (Wildman–Crippen MR) is 120 cm³/mol. The first-order valence-corrected chi connectivity index (χ1v) is 11.2. The zero-order valence-corrected chi connectivity index (χ0v) is 18.1. The second kappa shape index (κ2) is 9.17. The lowest BCUT2D eigenvalue weighted by molar-refractivity contribution is 0.0736. The van der Waals surface area contributed by atoms with E-state index in [2.05, 4.69) is 35.8 Å². The van der Waals surface area contributed by atoms with Crippen LogP contribution >= 0.6 is 0 Å². The van der Waals surface area contributed by atoms with Crippen LogP contribution in [0.5, 0.6) is 0 Å². The van der Waals surface area contributed by atoms with E-state index in [0.717, 1.165) is 56.7 Å². The quantitative estimate of drug-likeness (QED) is 0.740. The van der Waals surface area contributed by atoms with Crippen LogP contribution in [0.1, 0.15) is 42.6 Å². The van der Waals surface area contributed by atoms with Gasteiger partial charge in [0.1, 0.15) is 5.82 Å². The summed E-state index contributed by atoms with van der Waals surface area (Å²) in [7, 11) is 0. The van der Waals surface area contributed by atoms with E-state index in [9.17, 15) is 9.18 Å². The number of hydrogen-bond donors (Lipinski definition) is 0. The van der Waals surface area contributed by atoms with Gasteiger partial charge in [0, 0.05) is 56.1 Å². The van der Waals surface area contributed by atoms with Crippen molar-refractivity contribution in [3.63, 3.8) is 0 Å². The molecule has 2 aromatic rings. The summed E-state index contributed by atoms with van der Waals surface area (Å²) in [6, 6.07) is 15.5. The van der Waals surface area contributed by atoms with Gasteiger partial charge in [0.05, 0.1) is 0 Å². The lowest BCUT2D eigenvalue weighted by Crippen LogP contribution is -2.48. The minimum Gasteiger partial charge on any atom is -0.369 e. The number of carbonyl (C=O) groups is 1. The Kier molecular flexibility index (Phi) is 6.38. The zero-order valence-electron chi connectivity index (χ0n) is 18.1. The summed E-state index contributed by atoms with van der Waals surface area (Å²) in [5, 5.41) is 0. The monoisotopic (exact) mass is 409 g/mol. The normalized spacial score (nSPS) is 20.2. The van der Waals surface area contributed by atoms with Crippen LogP contribution in [-0.2, 0) is 6.42 Å². The van der Waals surface area contributed by atoms with E-state index in [1.165, 1.54) is 11.8 Å². The average Bonchev–Trinajstić information content (AvgIpc) is 3.21. The number of likely N-dealkylation sites (tertiary alicyclic amines) is 1. The Balaban J connectivity index is 1.39. The number of hydrogen-bond acceptors (Lipinski definition) is 3. The Bertz CT molecular complexity index is 859. The summed E-state index contributed by atoms with van der Waals surface area (Å²) in [5.74, 6) is -0.127. The van der Waals surface area contributed by atoms with Crippen LogP contribution < -0.4 is 4.90 Å². The second-order valence-corrected chi connectivity index (χ2v) is 8.79. The van der Waals surface area contributed by atoms with Crippen LogP contribution in [0.25, 0.3) is 0 Å². The fourth-order valence-electron chi connectivity index (χ4n) is 4.73. The van der Waals surface area contributed by atoms with Crippen LogP contribution in [0.2, 0.25) is 0 Å². The summed E-state index contributed by atoms with van der Waals surface area (Å²) in [4.78, 5) is 20.0. The molecule has 30 heavy (non-hydrogen) atoms. The van der Waals surface area contributed by atoms with Gasteiger partial charge in [-0.2, -0.15) is 0 Å². The van der Waals surface area contributed by atoms with Crippen molar-refractivity contribution in [2.75, 3.05) is 37.6 Å². The molecule has 0 radical (unpaired) electrons. The molecular formula is C25H32FN3O. The van der Waals surface area contributed by atoms with E-state index in [1.807, 2.05) is 23.1 Å². The molecule has 1 atom stereocenters. The third kappa shape index (κ3) is 4.67. The molecule has 0 spiro atoms. The molecule has 2 aromatic carbocycles. The van der Waals surface area contributed by atoms with Crippen molar-refractivity contribution in [1.29, 1.82) is 0 Å². The van der Waals surface area contributed by atoms with E-state index < -0.39 is 0 Å². The van der Waals surface area contributed by atoms with Gasteiger partial charge < -0.3 is 9.80 Å². The number of nitrogens with zero attached hydrogens (tertiary/aromatic N) is 3. The first-order chi connectivity index (χ1) is 14.5. The van der Waals surface area contributed by atoms with Crippen LogP contribution in [0.4, 0.5) is 10.1 Å². The molecule has 4 nitrogen and oxygen atoms in total. The van der Waals surface area contributed by atoms with Crippen molar-refractivity contribution in [3.05, 3.63) is 65.5 Å². The highest BCUT2D eigenvalue weighted by Crippen LogP contribution is 2.25. The maximum Gasteiger partial charge on any atom is 0.254 e. The maximum atomic E-state index is 13.5. The molecule has 2 aliphatic rings. The molecule has 160 valence electrons. The number of anilines is 1. The highest BCUT2D eigenvalue weighted by molar-refractivity contribution is 5.95. The first kappa shape index (κ1) is 20.9. The fourth-order valence-corrected chi connectivity index (χ4v) is 4.73. The molecule has 0 aliphatic carbocycles. The molecule has 0 aromatic heterocycles. The van der Waals surface area contributed by atoms with Crippen LogP contribution in [0.3, 0.4) is 0 Å². The number of benzene rings is 2. The highest BCUT2D eigenvalue weighted by Gasteiger charge is 2.29. The Morgan fingerprint density at radius 2 is 1.77 bits per heavy atom. The maximum absolute atomic E-state index is 13.5. The van der Waals surface area contributed by atoms with Crippen molar-refractivity contribution < 1.29 is 9.18 Å². The summed E-state index contributed by atoms with van der Waals surface area (Å²) >= 11 is 0. The zero-order chi connectivity index (χ0) is 21.1. The number of rotatable bonds is 5. The lowest BCUT2D eigenvalue weighted by atomic mass is 10.0. The van der Waals surface area contributed by atoms with Crippen LogP contribution in [0.15, 0.2) is 48.5 Å². The minimum absolute atomic E-state index is 0.0880. The molecular weight excluding hydrogens is 377 g/mol. The molecule has 1 amide bonds. The summed E-state index contributed by atoms with van der Waals surface area (Å²) in [5.41, 5.74) is 2.88. The molecule has 2 aliphatic heterocycles. The molecule has 4 rings (SSSR count). The van der Waals surface area contributed by atoms with Crippen molar-refractivity contribution in [1.82, 2.24) is 9.80 Å². The van der Waals surface area contributed by atoms with E-state index in [1.54, 1.807) is 12.1 Å². The van der Waals surface area contributed by atoms with Gasteiger partial charge in [-0.1, -0.05) is 12.1 Å². The van der Waals surface area contributed by atoms with E-state index in [4.69, 9.17) is 0 Å². The Hall–Kier alpha value is -2.40. The van der Waals surface area contributed by atoms with Gasteiger partial charge in [-0.05, 0) is 75.1 Å². The number of halogens is 1. The Labute approximate surface area is 179 Å². The summed E-state index contributed by atoms with van der Waals surface area (Å²) in [6.45, 7) is 9.46. The molecule has 5 heteroatoms. The first-order valence-electron chi connectivity index (χ1n) is 11.2. The predicted octanol–water partition coefficient (Wildman–Crippen LogP) is 4.20. The molecule has 0 N–H and O–H groups in total. The Morgan fingerprint density at radius 1 is 1.03 bits per heavy atom. The topological polar surface area (TPSA) is 26.8 Å². The van der Waals surface area contributed by atoms with Gasteiger partial charge in [-0.3, -0.25) is 9.69 Å². The summed E-state index contributed by atoms with van der Waals surface area (Å²) in [6.07, 6.45) is 2.69. The van der Waals surface area contributed by atoms with Gasteiger partial charge in [-0.15, -0.1) is 0 Å². The molecule has 1 unspecified atom stereocenters. The fraction of sp³-hybridized carbons (Fsp3) is 0.480. The second-order valence-electron chi connectivity index (χ2n) is 8.79. The van der Waals surface area contributed by atoms with E-state index >= 15 is 0 Å². The van der Waals surface area contributed by atoms with Gasteiger partial charge in [0.15, 0.2) is 0 Å². The van der Waals surface area contributed by atoms with Crippen LogP contribution in [-0.4, -0.2) is 60.5 Å². The largest absolute Gasteiger partial charge is 0.369 e. The van der Waals surface area contributed by atoms with Crippen molar-refractivity contribution in [2.45, 2.75) is 45.2 Å². The highest BCUT2D eigenvalue weighted by atomic mass is 19.1. The van der Waals surface area contributed by atoms with Crippen molar-refractivity contribution in [3.8, 4) is 0 Å². The van der Waals surface area contributed by atoms with Crippen molar-refractivity contribution >= 4 is 11.6 Å². The third-order valence-electron chi connectivity index (χ3n) is 6.52. The SMILES string of the molecule is CC(C)N1CCN(c2ccc(C(=O)N3CCCC3Cc3cccc(F)c3)cc2)CC1. The molecule has 2 heterocycles. The van der Waals surface area contributed by atoms with Crippen molar-refractivity contribution in [2.24, 2.45) is 0 Å². The molecule has 0 saturated carbocycles. The van der Waals surface area contributed by atoms with E-state index in [-0.39, 0.29) is 17.8 Å². The smallest absolute Gasteiger partial charge is 0.254 e. The lowest BCUT2D eigenvalue weighted by Gasteiger charge is -2.38. The standard InChI is InChI=1S/C25H32FN3O/c1-19(2)27-13-15-28(16-14-27)23-10-8-21(9-11-23)25(30)29-12-4-7-24(29)18-20-5-3-6-22(26)17-20/h3,5-6,8-11,17,19,24H,4,7,12-16,18H2,1-2H3. The van der Waals surface area contributed by atoms with E-state index in [0.29, 0.717) is 12.5 Å². The molecule has 0 bridgehead atoms. The minimum atomic E-state index is -0.215.